The lowest BCUT2D eigenvalue weighted by Crippen LogP contribution is -2.59. The molecule has 5 aromatic carbocycles. The molecule has 0 radical (unpaired) electrons. The molecule has 2 aliphatic rings. The van der Waals surface area contributed by atoms with E-state index >= 15 is 0 Å². The third kappa shape index (κ3) is 5.16. The van der Waals surface area contributed by atoms with Gasteiger partial charge in [-0.3, -0.25) is 14.4 Å². The third-order valence-electron chi connectivity index (χ3n) is 10.3. The highest BCUT2D eigenvalue weighted by Gasteiger charge is 2.44. The van der Waals surface area contributed by atoms with Crippen LogP contribution in [0.5, 0.6) is 34.5 Å². The predicted octanol–water partition coefficient (Wildman–Crippen LogP) is 2.17. The minimum atomic E-state index is -1.65. The molecular weight excluding hydrogens is 728 g/mol. The molecule has 0 bridgehead atoms. The number of carbonyl (C=O) groups excluding carboxylic acids is 1. The molecule has 0 unspecified atom stereocenters. The van der Waals surface area contributed by atoms with E-state index in [1.165, 1.54) is 41.4 Å². The van der Waals surface area contributed by atoms with Gasteiger partial charge in [0.25, 0.3) is 0 Å². The van der Waals surface area contributed by atoms with Crippen LogP contribution in [0.1, 0.15) is 25.0 Å². The number of phenolic OH excluding ortho intramolecular Hbond substituents is 2. The van der Waals surface area contributed by atoms with Gasteiger partial charge in [0.05, 0.1) is 57.3 Å². The zero-order chi connectivity index (χ0) is 39.1. The predicted molar refractivity (Wildman–Crippen MR) is 198 cm³/mol. The van der Waals surface area contributed by atoms with Gasteiger partial charge < -0.3 is 59.1 Å². The van der Waals surface area contributed by atoms with Gasteiger partial charge in [-0.05, 0) is 25.7 Å². The number of fused-ring (bicyclic) bond motifs is 1. The molecule has 6 N–H and O–H groups in total. The summed E-state index contributed by atoms with van der Waals surface area (Å²) < 4.78 is 34.4. The van der Waals surface area contributed by atoms with Crippen molar-refractivity contribution in [2.75, 3.05) is 47.4 Å². The summed E-state index contributed by atoms with van der Waals surface area (Å²) in [6, 6.07) is 1.21. The van der Waals surface area contributed by atoms with Gasteiger partial charge in [-0.15, -0.1) is 11.8 Å². The van der Waals surface area contributed by atoms with E-state index in [1.54, 1.807) is 6.92 Å². The van der Waals surface area contributed by atoms with E-state index in [2.05, 4.69) is 0 Å². The first-order valence-corrected chi connectivity index (χ1v) is 17.9. The topological polar surface area (TPSA) is 228 Å². The maximum Gasteiger partial charge on any atom is 0.207 e. The van der Waals surface area contributed by atoms with Gasteiger partial charge in [-0.1, -0.05) is 5.57 Å². The van der Waals surface area contributed by atoms with Crippen LogP contribution < -0.4 is 29.8 Å². The lowest BCUT2D eigenvalue weighted by Gasteiger charge is -2.39. The second-order valence-corrected chi connectivity index (χ2v) is 14.3. The molecule has 0 spiro atoms. The summed E-state index contributed by atoms with van der Waals surface area (Å²) in [4.78, 5) is 42.1. The molecule has 1 aliphatic carbocycles. The fraction of sp³-hybridized carbons (Fsp3) is 0.395. The fourth-order valence-electron chi connectivity index (χ4n) is 8.15. The number of carbonyl (C=O) groups is 1. The number of ketones is 1. The summed E-state index contributed by atoms with van der Waals surface area (Å²) in [7, 11) is 5.36. The number of methoxy groups -OCH3 is 4. The molecule has 1 fully saturated rings. The van der Waals surface area contributed by atoms with Crippen molar-refractivity contribution in [3.8, 4) is 34.5 Å². The van der Waals surface area contributed by atoms with Crippen LogP contribution in [0, 0.1) is 0 Å². The van der Waals surface area contributed by atoms with E-state index in [9.17, 15) is 45.0 Å². The highest BCUT2D eigenvalue weighted by atomic mass is 32.2. The zero-order valence-electron chi connectivity index (χ0n) is 30.1. The van der Waals surface area contributed by atoms with Gasteiger partial charge in [-0.2, -0.15) is 0 Å². The van der Waals surface area contributed by atoms with Crippen LogP contribution in [0.3, 0.4) is 0 Å². The van der Waals surface area contributed by atoms with E-state index in [-0.39, 0.29) is 95.9 Å². The molecule has 0 saturated carbocycles. The van der Waals surface area contributed by atoms with Gasteiger partial charge in [-0.25, -0.2) is 0 Å². The standard InChI is InChI=1S/C38H38O15S/c1-12-9-14-19-22-20(29(43)34(14)49-4)15(41)10-16(48-3)21(22)26-24-23(19)25(18(12)13(2)40)35(50-5)30(44)27(24)31(45)37(36(26)51-6)54-8-7-52-38-33(47)32(46)28(42)17(11-39)53-38/h10,17,28,32-33,38-39,42-44,46-47H,7-9,11H2,1-6H3/t17-,28-,32+,33-,38-/m1/s1. The Morgan fingerprint density at radius 2 is 1.46 bits per heavy atom. The smallest absolute Gasteiger partial charge is 0.207 e. The summed E-state index contributed by atoms with van der Waals surface area (Å²) >= 11 is 0.972. The SMILES string of the molecule is COc1c(O)c2c(=O)cc(OC)c3c4c(OC)c(SCCO[C@@H]5O[C@H](CO)[C@@H](O)[C@H](O)[C@H]5O)c(=O)c5c(O)c(OC)c6c(c(c1CC(C)=C6C(C)=O)c23)c54. The van der Waals surface area contributed by atoms with Crippen LogP contribution in [0.4, 0.5) is 0 Å². The average molecular weight is 767 g/mol. The van der Waals surface area contributed by atoms with Crippen molar-refractivity contribution in [3.63, 3.8) is 0 Å². The number of ether oxygens (including phenoxy) is 6. The lowest BCUT2D eigenvalue weighted by molar-refractivity contribution is -0.299. The van der Waals surface area contributed by atoms with Crippen molar-refractivity contribution >= 4 is 66.2 Å². The Balaban J connectivity index is 1.58. The first-order chi connectivity index (χ1) is 25.8. The normalized spacial score (nSPS) is 21.5. The Morgan fingerprint density at radius 1 is 0.815 bits per heavy atom. The summed E-state index contributed by atoms with van der Waals surface area (Å²) in [6.45, 7) is 2.28. The van der Waals surface area contributed by atoms with Crippen molar-refractivity contribution < 1.29 is 63.9 Å². The van der Waals surface area contributed by atoms with Crippen LogP contribution in [-0.4, -0.2) is 115 Å². The maximum atomic E-state index is 14.7. The quantitative estimate of drug-likeness (QED) is 0.0490. The molecule has 54 heavy (non-hydrogen) atoms. The molecule has 15 nitrogen and oxygen atoms in total. The van der Waals surface area contributed by atoms with Crippen molar-refractivity contribution in [1.29, 1.82) is 0 Å². The molecule has 16 heteroatoms. The average Bonchev–Trinajstić information content (AvgIpc) is 3.27. The first kappa shape index (κ1) is 37.6. The maximum absolute atomic E-state index is 14.7. The summed E-state index contributed by atoms with van der Waals surface area (Å²) in [5.41, 5.74) is 0.130. The largest absolute Gasteiger partial charge is 0.504 e. The van der Waals surface area contributed by atoms with E-state index in [0.717, 1.165) is 11.8 Å². The molecule has 1 heterocycles. The molecule has 286 valence electrons. The molecule has 1 aliphatic heterocycles. The summed E-state index contributed by atoms with van der Waals surface area (Å²) in [5, 5.41) is 65.4. The highest BCUT2D eigenvalue weighted by molar-refractivity contribution is 7.99. The van der Waals surface area contributed by atoms with Crippen molar-refractivity contribution in [3.05, 3.63) is 43.2 Å². The molecule has 5 atom stereocenters. The molecule has 0 amide bonds. The molecule has 0 aromatic heterocycles. The first-order valence-electron chi connectivity index (χ1n) is 16.9. The molecular formula is C38H38O15S. The van der Waals surface area contributed by atoms with Gasteiger partial charge in [0.15, 0.2) is 40.5 Å². The molecule has 1 saturated heterocycles. The number of Topliss-reactive ketones (excluding diaryl/α,β-unsaturated/α-hetero) is 1. The minimum Gasteiger partial charge on any atom is -0.504 e. The van der Waals surface area contributed by atoms with Gasteiger partial charge in [0.2, 0.25) is 5.43 Å². The van der Waals surface area contributed by atoms with Crippen LogP contribution in [0.25, 0.3) is 48.7 Å². The lowest BCUT2D eigenvalue weighted by atomic mass is 9.82. The number of thioether (sulfide) groups is 1. The second-order valence-electron chi connectivity index (χ2n) is 13.2. The van der Waals surface area contributed by atoms with E-state index in [4.69, 9.17) is 28.4 Å². The van der Waals surface area contributed by atoms with Crippen LogP contribution in [0.2, 0.25) is 0 Å². The number of phenols is 2. The number of aliphatic hydroxyl groups excluding tert-OH is 4. The molecule has 7 rings (SSSR count). The van der Waals surface area contributed by atoms with Gasteiger partial charge >= 0.3 is 0 Å². The molecule has 5 aromatic rings. The fourth-order valence-corrected chi connectivity index (χ4v) is 9.08. The summed E-state index contributed by atoms with van der Waals surface area (Å²) in [6.07, 6.45) is -7.38. The number of allylic oxidation sites excluding steroid dienone is 2. The third-order valence-corrected chi connectivity index (χ3v) is 11.4. The van der Waals surface area contributed by atoms with Crippen LogP contribution in [-0.2, 0) is 20.7 Å². The Hall–Kier alpha value is -4.68. The Kier molecular flexibility index (Phi) is 9.67. The van der Waals surface area contributed by atoms with E-state index in [0.29, 0.717) is 21.9 Å². The van der Waals surface area contributed by atoms with E-state index < -0.39 is 59.7 Å². The number of hydrogen-bond acceptors (Lipinski definition) is 16. The summed E-state index contributed by atoms with van der Waals surface area (Å²) in [5.74, 6) is -1.34. The number of rotatable bonds is 11. The number of aliphatic hydroxyl groups is 4. The Labute approximate surface area is 310 Å². The van der Waals surface area contributed by atoms with Crippen molar-refractivity contribution in [1.82, 2.24) is 0 Å². The van der Waals surface area contributed by atoms with E-state index in [1.807, 2.05) is 0 Å². The Bertz CT molecular complexity index is 2510. The van der Waals surface area contributed by atoms with Crippen LogP contribution in [0.15, 0.2) is 26.1 Å². The van der Waals surface area contributed by atoms with Crippen LogP contribution >= 0.6 is 11.8 Å². The second kappa shape index (κ2) is 13.9. The van der Waals surface area contributed by atoms with Gasteiger partial charge in [0.1, 0.15) is 35.9 Å². The van der Waals surface area contributed by atoms with Crippen molar-refractivity contribution in [2.45, 2.75) is 55.9 Å². The Morgan fingerprint density at radius 3 is 2.07 bits per heavy atom. The van der Waals surface area contributed by atoms with Gasteiger partial charge in [0, 0.05) is 55.5 Å². The monoisotopic (exact) mass is 766 g/mol. The number of aromatic hydroxyl groups is 2. The minimum absolute atomic E-state index is 0.00431. The zero-order valence-corrected chi connectivity index (χ0v) is 30.9. The highest BCUT2D eigenvalue weighted by Crippen LogP contribution is 2.59. The van der Waals surface area contributed by atoms with Crippen molar-refractivity contribution in [2.24, 2.45) is 0 Å². The number of hydrogen-bond donors (Lipinski definition) is 6. The number of benzene rings is 5.